The van der Waals surface area contributed by atoms with Gasteiger partial charge in [-0.2, -0.15) is 0 Å². The zero-order chi connectivity index (χ0) is 6.57. The van der Waals surface area contributed by atoms with Crippen LogP contribution in [0.4, 0.5) is 0 Å². The lowest BCUT2D eigenvalue weighted by atomic mass is 10.5. The molecule has 0 N–H and O–H groups in total. The van der Waals surface area contributed by atoms with E-state index in [1.807, 2.05) is 22.6 Å². The summed E-state index contributed by atoms with van der Waals surface area (Å²) < 4.78 is 1.24. The zero-order valence-corrected chi connectivity index (χ0v) is 8.63. The molecule has 0 amide bonds. The molecule has 0 saturated heterocycles. The number of halogens is 2. The Labute approximate surface area is 75.4 Å². The monoisotopic (exact) mass is 337 g/mol. The number of ketones is 1. The first-order chi connectivity index (χ1) is 3.68. The molecule has 0 heterocycles. The van der Waals surface area contributed by atoms with Gasteiger partial charge in [0.15, 0.2) is 5.78 Å². The summed E-state index contributed by atoms with van der Waals surface area (Å²) in [7, 11) is 0. The minimum absolute atomic E-state index is 0.0438. The van der Waals surface area contributed by atoms with Gasteiger partial charge in [0.2, 0.25) is 0 Å². The summed E-state index contributed by atoms with van der Waals surface area (Å²) in [4.78, 5) is 14.3. The Morgan fingerprint density at radius 1 is 1.75 bits per heavy atom. The van der Waals surface area contributed by atoms with Gasteiger partial charge in [-0.3, -0.25) is 9.79 Å². The Balaban J connectivity index is 3.80. The maximum Gasteiger partial charge on any atom is 0.183 e. The van der Waals surface area contributed by atoms with Gasteiger partial charge in [-0.15, -0.1) is 0 Å². The van der Waals surface area contributed by atoms with Crippen LogP contribution in [-0.4, -0.2) is 14.1 Å². The van der Waals surface area contributed by atoms with Gasteiger partial charge >= 0.3 is 0 Å². The van der Waals surface area contributed by atoms with Crippen LogP contribution in [0.5, 0.6) is 0 Å². The molecule has 0 atom stereocenters. The summed E-state index contributed by atoms with van der Waals surface area (Å²) in [6, 6.07) is 0. The van der Waals surface area contributed by atoms with E-state index in [1.165, 1.54) is 6.92 Å². The van der Waals surface area contributed by atoms with Gasteiger partial charge in [-0.05, 0) is 22.6 Å². The molecule has 0 unspecified atom stereocenters. The fourth-order valence-electron chi connectivity index (χ4n) is 0.164. The minimum atomic E-state index is 0.0438. The highest BCUT2D eigenvalue weighted by molar-refractivity contribution is 14.1. The largest absolute Gasteiger partial charge is 0.292 e. The van der Waals surface area contributed by atoms with Crippen molar-refractivity contribution in [2.45, 2.75) is 6.92 Å². The third kappa shape index (κ3) is 3.76. The van der Waals surface area contributed by atoms with Crippen LogP contribution >= 0.6 is 45.2 Å². The summed E-state index contributed by atoms with van der Waals surface area (Å²) in [5.41, 5.74) is 0. The van der Waals surface area contributed by atoms with Crippen LogP contribution < -0.4 is 0 Å². The summed E-state index contributed by atoms with van der Waals surface area (Å²) in [6.07, 6.45) is 0. The Morgan fingerprint density at radius 2 is 2.25 bits per heavy atom. The number of alkyl halides is 1. The molecule has 0 saturated carbocycles. The molecule has 0 aromatic carbocycles. The van der Waals surface area contributed by atoms with Crippen molar-refractivity contribution in [3.05, 3.63) is 0 Å². The third-order valence-corrected chi connectivity index (χ3v) is 1.93. The first kappa shape index (κ1) is 8.80. The molecule has 0 radical (unpaired) electrons. The number of Topliss-reactive ketones (excluding diaryl/α,β-unsaturated/α-hetero) is 1. The Morgan fingerprint density at radius 3 is 2.38 bits per heavy atom. The molecule has 0 aliphatic heterocycles. The molecule has 0 aliphatic carbocycles. The average Bonchev–Trinajstić information content (AvgIpc) is 1.67. The summed E-state index contributed by atoms with van der Waals surface area (Å²) >= 11 is 4.02. The van der Waals surface area contributed by atoms with Crippen molar-refractivity contribution in [3.63, 3.8) is 0 Å². The molecule has 0 rings (SSSR count). The number of hydrogen-bond donors (Lipinski definition) is 0. The minimum Gasteiger partial charge on any atom is -0.292 e. The summed E-state index contributed by atoms with van der Waals surface area (Å²) in [5, 5.41) is 0. The lowest BCUT2D eigenvalue weighted by Crippen LogP contribution is -1.99. The molecular weight excluding hydrogens is 332 g/mol. The molecule has 46 valence electrons. The second-order valence-corrected chi connectivity index (χ2v) is 2.83. The highest BCUT2D eigenvalue weighted by Crippen LogP contribution is 1.94. The molecule has 4 heteroatoms. The second-order valence-electron chi connectivity index (χ2n) is 1.12. The van der Waals surface area contributed by atoms with E-state index in [4.69, 9.17) is 0 Å². The normalized spacial score (nSPS) is 11.6. The number of rotatable bonds is 2. The molecular formula is C4H5I2NO. The van der Waals surface area contributed by atoms with E-state index in [9.17, 15) is 4.79 Å². The van der Waals surface area contributed by atoms with Crippen molar-refractivity contribution >= 4 is 54.7 Å². The maximum atomic E-state index is 10.4. The molecule has 0 spiro atoms. The van der Waals surface area contributed by atoms with Gasteiger partial charge < -0.3 is 0 Å². The SMILES string of the molecule is CC(=O)C(I)=NCI. The highest BCUT2D eigenvalue weighted by atomic mass is 127. The van der Waals surface area contributed by atoms with Crippen LogP contribution in [0.25, 0.3) is 0 Å². The summed E-state index contributed by atoms with van der Waals surface area (Å²) in [6.45, 7) is 1.51. The van der Waals surface area contributed by atoms with Crippen molar-refractivity contribution < 1.29 is 4.79 Å². The van der Waals surface area contributed by atoms with Crippen LogP contribution in [0, 0.1) is 0 Å². The molecule has 2 nitrogen and oxygen atoms in total. The average molecular weight is 337 g/mol. The van der Waals surface area contributed by atoms with Crippen molar-refractivity contribution in [1.29, 1.82) is 0 Å². The van der Waals surface area contributed by atoms with Crippen molar-refractivity contribution in [1.82, 2.24) is 0 Å². The van der Waals surface area contributed by atoms with Crippen LogP contribution in [0.2, 0.25) is 0 Å². The molecule has 0 bridgehead atoms. The van der Waals surface area contributed by atoms with E-state index in [0.717, 1.165) is 0 Å². The van der Waals surface area contributed by atoms with Gasteiger partial charge in [0.1, 0.15) is 3.72 Å². The van der Waals surface area contributed by atoms with Crippen molar-refractivity contribution in [3.8, 4) is 0 Å². The predicted molar refractivity (Wildman–Crippen MR) is 51.0 cm³/mol. The van der Waals surface area contributed by atoms with Gasteiger partial charge in [0.05, 0.1) is 4.55 Å². The lowest BCUT2D eigenvalue weighted by molar-refractivity contribution is -0.110. The van der Waals surface area contributed by atoms with Gasteiger partial charge in [-0.1, -0.05) is 22.6 Å². The van der Waals surface area contributed by atoms with E-state index in [-0.39, 0.29) is 5.78 Å². The standard InChI is InChI=1S/C4H5I2NO/c1-3(8)4(6)7-2-5/h2H2,1H3. The first-order valence-corrected chi connectivity index (χ1v) is 4.55. The van der Waals surface area contributed by atoms with Gasteiger partial charge in [0, 0.05) is 6.92 Å². The molecule has 0 aliphatic rings. The molecule has 0 aromatic heterocycles. The number of nitrogens with zero attached hydrogens (tertiary/aromatic N) is 1. The van der Waals surface area contributed by atoms with E-state index in [0.29, 0.717) is 8.27 Å². The smallest absolute Gasteiger partial charge is 0.183 e. The Hall–Kier alpha value is 0.800. The second kappa shape index (κ2) is 4.66. The van der Waals surface area contributed by atoms with Gasteiger partial charge in [0.25, 0.3) is 0 Å². The quantitative estimate of drug-likeness (QED) is 0.327. The van der Waals surface area contributed by atoms with Gasteiger partial charge in [-0.25, -0.2) is 0 Å². The summed E-state index contributed by atoms with van der Waals surface area (Å²) in [5.74, 6) is 0.0438. The predicted octanol–water partition coefficient (Wildman–Crippen LogP) is 1.80. The Kier molecular flexibility index (Phi) is 5.12. The lowest BCUT2D eigenvalue weighted by Gasteiger charge is -1.85. The fraction of sp³-hybridized carbons (Fsp3) is 0.500. The number of hydrogen-bond acceptors (Lipinski definition) is 2. The maximum absolute atomic E-state index is 10.4. The first-order valence-electron chi connectivity index (χ1n) is 1.95. The van der Waals surface area contributed by atoms with Crippen LogP contribution in [0.15, 0.2) is 4.99 Å². The van der Waals surface area contributed by atoms with Crippen LogP contribution in [0.3, 0.4) is 0 Å². The van der Waals surface area contributed by atoms with Crippen LogP contribution in [-0.2, 0) is 4.79 Å². The fourth-order valence-corrected chi connectivity index (χ4v) is 1.33. The third-order valence-electron chi connectivity index (χ3n) is 0.489. The molecule has 8 heavy (non-hydrogen) atoms. The van der Waals surface area contributed by atoms with E-state index >= 15 is 0 Å². The number of carbonyl (C=O) groups excluding carboxylic acids is 1. The van der Waals surface area contributed by atoms with E-state index < -0.39 is 0 Å². The number of carbonyl (C=O) groups is 1. The van der Waals surface area contributed by atoms with Crippen molar-refractivity contribution in [2.24, 2.45) is 4.99 Å². The zero-order valence-electron chi connectivity index (χ0n) is 4.32. The molecule has 0 fully saturated rings. The molecule has 0 aromatic rings. The van der Waals surface area contributed by atoms with Crippen LogP contribution in [0.1, 0.15) is 6.92 Å². The van der Waals surface area contributed by atoms with Crippen molar-refractivity contribution in [2.75, 3.05) is 4.55 Å². The topological polar surface area (TPSA) is 29.4 Å². The van der Waals surface area contributed by atoms with E-state index in [1.54, 1.807) is 0 Å². The number of aliphatic imine (C=N–C) groups is 1. The highest BCUT2D eigenvalue weighted by Gasteiger charge is 1.96. The Bertz CT molecular complexity index is 121. The van der Waals surface area contributed by atoms with E-state index in [2.05, 4.69) is 27.6 Å².